The Balaban J connectivity index is 0.00000196. The molecule has 1 aliphatic rings. The predicted octanol–water partition coefficient (Wildman–Crippen LogP) is 1.82. The molecule has 1 heterocycles. The molecule has 14 heavy (non-hydrogen) atoms. The Morgan fingerprint density at radius 2 is 2.14 bits per heavy atom. The number of esters is 1. The molecule has 1 N–H and O–H groups in total. The van der Waals surface area contributed by atoms with Crippen LogP contribution in [0.15, 0.2) is 0 Å². The Labute approximate surface area is 87.7 Å². The molecule has 1 fully saturated rings. The van der Waals surface area contributed by atoms with Gasteiger partial charge in [-0.25, -0.2) is 0 Å². The fraction of sp³-hybridized carbons (Fsp3) is 0.909. The van der Waals surface area contributed by atoms with Gasteiger partial charge in [0.15, 0.2) is 0 Å². The topological polar surface area (TPSA) is 38.3 Å². The molecule has 84 valence electrons. The van der Waals surface area contributed by atoms with E-state index in [4.69, 9.17) is 4.74 Å². The Bertz CT molecular complexity index is 213. The predicted molar refractivity (Wildman–Crippen MR) is 58.1 cm³/mol. The van der Waals surface area contributed by atoms with E-state index in [0.717, 1.165) is 19.5 Å². The van der Waals surface area contributed by atoms with E-state index in [-0.39, 0.29) is 18.9 Å². The molecule has 3 nitrogen and oxygen atoms in total. The number of piperidine rings is 1. The zero-order chi connectivity index (χ0) is 10.8. The van der Waals surface area contributed by atoms with Crippen molar-refractivity contribution in [2.45, 2.75) is 39.7 Å². The van der Waals surface area contributed by atoms with Crippen molar-refractivity contribution < 1.29 is 11.0 Å². The fourth-order valence-corrected chi connectivity index (χ4v) is 1.74. The minimum atomic E-state index is -0.359. The minimum Gasteiger partial charge on any atom is -0.460 e. The van der Waals surface area contributed by atoms with E-state index in [1.165, 1.54) is 0 Å². The van der Waals surface area contributed by atoms with Gasteiger partial charge < -0.3 is 10.1 Å². The van der Waals surface area contributed by atoms with Crippen LogP contribution in [-0.2, 0) is 9.53 Å². The first-order valence-electron chi connectivity index (χ1n) is 5.34. The molecule has 0 aromatic rings. The summed E-state index contributed by atoms with van der Waals surface area (Å²) in [6.07, 6.45) is 0.899. The molecule has 0 aliphatic carbocycles. The molecule has 0 saturated carbocycles. The number of hydrogen-bond donors (Lipinski definition) is 1. The normalized spacial score (nSPS) is 28.6. The molecule has 2 atom stereocenters. The van der Waals surface area contributed by atoms with Gasteiger partial charge in [0.25, 0.3) is 0 Å². The van der Waals surface area contributed by atoms with Crippen LogP contribution in [0.5, 0.6) is 0 Å². The summed E-state index contributed by atoms with van der Waals surface area (Å²) in [6.45, 7) is 9.68. The van der Waals surface area contributed by atoms with Gasteiger partial charge in [-0.05, 0) is 46.2 Å². The summed E-state index contributed by atoms with van der Waals surface area (Å²) in [5, 5.41) is 3.27. The SMILES string of the molecule is C[C@H]1CNCC[C@H]1C(=O)OC(C)(C)C.[HH]. The summed E-state index contributed by atoms with van der Waals surface area (Å²) in [5.74, 6) is 0.431. The number of rotatable bonds is 1. The molecular formula is C11H23NO2. The van der Waals surface area contributed by atoms with Crippen LogP contribution < -0.4 is 5.32 Å². The number of hydrogen-bond acceptors (Lipinski definition) is 3. The third kappa shape index (κ3) is 3.29. The molecule has 0 unspecified atom stereocenters. The maximum Gasteiger partial charge on any atom is 0.309 e. The van der Waals surface area contributed by atoms with Gasteiger partial charge in [-0.3, -0.25) is 4.79 Å². The molecule has 0 aromatic heterocycles. The third-order valence-electron chi connectivity index (χ3n) is 2.49. The minimum absolute atomic E-state index is 0. The molecule has 0 bridgehead atoms. The smallest absolute Gasteiger partial charge is 0.309 e. The second-order valence-electron chi connectivity index (χ2n) is 5.11. The summed E-state index contributed by atoms with van der Waals surface area (Å²) < 4.78 is 5.38. The van der Waals surface area contributed by atoms with Crippen molar-refractivity contribution in [3.63, 3.8) is 0 Å². The van der Waals surface area contributed by atoms with Crippen LogP contribution in [0.3, 0.4) is 0 Å². The number of carbonyl (C=O) groups excluding carboxylic acids is 1. The molecule has 0 aromatic carbocycles. The highest BCUT2D eigenvalue weighted by Gasteiger charge is 2.31. The molecule has 1 aliphatic heterocycles. The summed E-state index contributed by atoms with van der Waals surface area (Å²) in [4.78, 5) is 11.8. The van der Waals surface area contributed by atoms with Crippen molar-refractivity contribution >= 4 is 5.97 Å². The van der Waals surface area contributed by atoms with E-state index >= 15 is 0 Å². The maximum atomic E-state index is 11.8. The van der Waals surface area contributed by atoms with Crippen molar-refractivity contribution in [2.75, 3.05) is 13.1 Å². The largest absolute Gasteiger partial charge is 0.460 e. The van der Waals surface area contributed by atoms with Gasteiger partial charge in [0, 0.05) is 1.43 Å². The molecule has 0 radical (unpaired) electrons. The zero-order valence-corrected chi connectivity index (χ0v) is 9.59. The van der Waals surface area contributed by atoms with Crippen LogP contribution in [0.4, 0.5) is 0 Å². The lowest BCUT2D eigenvalue weighted by atomic mass is 9.88. The molecule has 0 amide bonds. The standard InChI is InChI=1S/C11H21NO2.H2/c1-8-7-12-6-5-9(8)10(13)14-11(2,3)4;/h8-9,12H,5-7H2,1-4H3;1H/t8-,9+;/m0./s1. The number of carbonyl (C=O) groups is 1. The van der Waals surface area contributed by atoms with E-state index in [9.17, 15) is 4.79 Å². The Morgan fingerprint density at radius 1 is 1.50 bits per heavy atom. The summed E-state index contributed by atoms with van der Waals surface area (Å²) in [6, 6.07) is 0. The van der Waals surface area contributed by atoms with Gasteiger partial charge in [-0.1, -0.05) is 6.92 Å². The fourth-order valence-electron chi connectivity index (χ4n) is 1.74. The van der Waals surface area contributed by atoms with Gasteiger partial charge in [0.05, 0.1) is 5.92 Å². The average molecular weight is 201 g/mol. The molecular weight excluding hydrogens is 178 g/mol. The van der Waals surface area contributed by atoms with Gasteiger partial charge in [0.2, 0.25) is 0 Å². The van der Waals surface area contributed by atoms with Crippen LogP contribution in [0.25, 0.3) is 0 Å². The Morgan fingerprint density at radius 3 is 2.64 bits per heavy atom. The lowest BCUT2D eigenvalue weighted by Gasteiger charge is -2.30. The second-order valence-corrected chi connectivity index (χ2v) is 5.11. The van der Waals surface area contributed by atoms with Crippen molar-refractivity contribution in [1.29, 1.82) is 0 Å². The molecule has 0 spiro atoms. The summed E-state index contributed by atoms with van der Waals surface area (Å²) >= 11 is 0. The van der Waals surface area contributed by atoms with Gasteiger partial charge >= 0.3 is 5.97 Å². The third-order valence-corrected chi connectivity index (χ3v) is 2.49. The Hall–Kier alpha value is -0.570. The van der Waals surface area contributed by atoms with E-state index in [1.54, 1.807) is 0 Å². The van der Waals surface area contributed by atoms with E-state index in [0.29, 0.717) is 5.92 Å². The van der Waals surface area contributed by atoms with E-state index < -0.39 is 0 Å². The summed E-state index contributed by atoms with van der Waals surface area (Å²) in [5.41, 5.74) is -0.359. The van der Waals surface area contributed by atoms with Crippen LogP contribution in [0, 0.1) is 11.8 Å². The van der Waals surface area contributed by atoms with Crippen molar-refractivity contribution in [1.82, 2.24) is 5.32 Å². The van der Waals surface area contributed by atoms with Gasteiger partial charge in [0.1, 0.15) is 5.60 Å². The number of ether oxygens (including phenoxy) is 1. The van der Waals surface area contributed by atoms with E-state index in [1.807, 2.05) is 20.8 Å². The lowest BCUT2D eigenvalue weighted by molar-refractivity contribution is -0.162. The highest BCUT2D eigenvalue weighted by atomic mass is 16.6. The number of nitrogens with one attached hydrogen (secondary N) is 1. The highest BCUT2D eigenvalue weighted by molar-refractivity contribution is 5.73. The average Bonchev–Trinajstić information content (AvgIpc) is 2.01. The van der Waals surface area contributed by atoms with Gasteiger partial charge in [-0.2, -0.15) is 0 Å². The van der Waals surface area contributed by atoms with Crippen molar-refractivity contribution in [2.24, 2.45) is 11.8 Å². The summed E-state index contributed by atoms with van der Waals surface area (Å²) in [7, 11) is 0. The van der Waals surface area contributed by atoms with Crippen molar-refractivity contribution in [3.8, 4) is 0 Å². The first-order chi connectivity index (χ1) is 6.40. The first kappa shape index (κ1) is 11.5. The van der Waals surface area contributed by atoms with Crippen molar-refractivity contribution in [3.05, 3.63) is 0 Å². The monoisotopic (exact) mass is 201 g/mol. The highest BCUT2D eigenvalue weighted by Crippen LogP contribution is 2.22. The lowest BCUT2D eigenvalue weighted by Crippen LogP contribution is -2.41. The van der Waals surface area contributed by atoms with Gasteiger partial charge in [-0.15, -0.1) is 0 Å². The maximum absolute atomic E-state index is 11.8. The zero-order valence-electron chi connectivity index (χ0n) is 9.59. The first-order valence-corrected chi connectivity index (χ1v) is 5.34. The molecule has 3 heteroatoms. The molecule has 1 rings (SSSR count). The Kier molecular flexibility index (Phi) is 3.53. The van der Waals surface area contributed by atoms with Crippen LogP contribution in [0.2, 0.25) is 0 Å². The van der Waals surface area contributed by atoms with Crippen LogP contribution in [-0.4, -0.2) is 24.7 Å². The van der Waals surface area contributed by atoms with Crippen LogP contribution in [0.1, 0.15) is 35.5 Å². The van der Waals surface area contributed by atoms with E-state index in [2.05, 4.69) is 12.2 Å². The quantitative estimate of drug-likeness (QED) is 0.658. The van der Waals surface area contributed by atoms with Crippen LogP contribution >= 0.6 is 0 Å². The molecule has 1 saturated heterocycles. The second kappa shape index (κ2) is 4.30.